The topological polar surface area (TPSA) is 136 Å². The standard InChI is InChI=1S/C24H41O9PS/c1-5-9-12-34(8-4,13-10-6-2,14-11-7-3)33-35(29,30)22-16-20(31-18-23(25)26)15-21(17-22)32-19-24(27)28/h15-17H,5-14,18-19H2,1-4H3,(H,25,26)(H,27,28). The first-order valence-corrected chi connectivity index (χ1v) is 16.6. The molecule has 0 radical (unpaired) electrons. The average Bonchev–Trinajstić information content (AvgIpc) is 2.82. The van der Waals surface area contributed by atoms with Crippen LogP contribution in [0.15, 0.2) is 23.1 Å². The molecule has 0 aliphatic carbocycles. The van der Waals surface area contributed by atoms with Crippen LogP contribution in [0.1, 0.15) is 66.2 Å². The van der Waals surface area contributed by atoms with E-state index in [0.717, 1.165) is 57.0 Å². The number of hydrogen-bond donors (Lipinski definition) is 2. The summed E-state index contributed by atoms with van der Waals surface area (Å²) in [5.41, 5.74) is 0. The molecule has 9 nitrogen and oxygen atoms in total. The minimum absolute atomic E-state index is 0.0649. The van der Waals surface area contributed by atoms with Crippen LogP contribution in [0.5, 0.6) is 11.5 Å². The number of carboxylic acids is 2. The van der Waals surface area contributed by atoms with Crippen LogP contribution in [0.4, 0.5) is 0 Å². The van der Waals surface area contributed by atoms with E-state index in [1.165, 1.54) is 18.2 Å². The van der Waals surface area contributed by atoms with E-state index < -0.39 is 42.1 Å². The molecule has 1 aromatic carbocycles. The second-order valence-corrected chi connectivity index (χ2v) is 16.6. The first-order valence-electron chi connectivity index (χ1n) is 12.3. The normalized spacial score (nSPS) is 13.1. The molecule has 0 atom stereocenters. The van der Waals surface area contributed by atoms with Gasteiger partial charge in [0, 0.05) is 0 Å². The molecule has 11 heteroatoms. The summed E-state index contributed by atoms with van der Waals surface area (Å²) >= 11 is 0. The third-order valence-electron chi connectivity index (χ3n) is 6.21. The minimum atomic E-state index is -4.30. The van der Waals surface area contributed by atoms with Crippen LogP contribution >= 0.6 is 6.83 Å². The van der Waals surface area contributed by atoms with Gasteiger partial charge in [-0.1, -0.05) is 0 Å². The second-order valence-electron chi connectivity index (χ2n) is 8.94. The molecule has 0 fully saturated rings. The van der Waals surface area contributed by atoms with Gasteiger partial charge in [-0.15, -0.1) is 0 Å². The quantitative estimate of drug-likeness (QED) is 0.228. The molecule has 0 amide bonds. The van der Waals surface area contributed by atoms with Crippen LogP contribution in [-0.4, -0.2) is 68.4 Å². The summed E-state index contributed by atoms with van der Waals surface area (Å²) in [6.45, 7) is 3.68. The van der Waals surface area contributed by atoms with Gasteiger partial charge in [0.05, 0.1) is 0 Å². The van der Waals surface area contributed by atoms with Gasteiger partial charge >= 0.3 is 209 Å². The molecule has 0 spiro atoms. The maximum absolute atomic E-state index is 13.7. The number of unbranched alkanes of at least 4 members (excludes halogenated alkanes) is 3. The second kappa shape index (κ2) is 14.0. The molecule has 0 aliphatic rings. The first-order chi connectivity index (χ1) is 16.4. The fraction of sp³-hybridized carbons (Fsp3) is 0.667. The van der Waals surface area contributed by atoms with Crippen LogP contribution in [-0.2, 0) is 23.7 Å². The van der Waals surface area contributed by atoms with E-state index in [4.69, 9.17) is 23.7 Å². The molecule has 0 aromatic heterocycles. The van der Waals surface area contributed by atoms with Crippen molar-refractivity contribution in [2.45, 2.75) is 71.1 Å². The number of hydrogen-bond acceptors (Lipinski definition) is 7. The molecule has 35 heavy (non-hydrogen) atoms. The molecule has 2 N–H and O–H groups in total. The Kier molecular flexibility index (Phi) is 12.4. The van der Waals surface area contributed by atoms with Crippen molar-refractivity contribution in [3.05, 3.63) is 18.2 Å². The van der Waals surface area contributed by atoms with E-state index >= 15 is 0 Å². The van der Waals surface area contributed by atoms with Crippen molar-refractivity contribution in [2.75, 3.05) is 37.9 Å². The first kappa shape index (κ1) is 31.1. The zero-order valence-corrected chi connectivity index (χ0v) is 23.0. The summed E-state index contributed by atoms with van der Waals surface area (Å²) in [4.78, 5) is 21.7. The van der Waals surface area contributed by atoms with Crippen molar-refractivity contribution in [3.8, 4) is 11.5 Å². The molecule has 0 saturated carbocycles. The summed E-state index contributed by atoms with van der Waals surface area (Å²) in [5.74, 6) is -2.61. The summed E-state index contributed by atoms with van der Waals surface area (Å²) < 4.78 is 44.3. The van der Waals surface area contributed by atoms with Gasteiger partial charge in [0.1, 0.15) is 0 Å². The van der Waals surface area contributed by atoms with Gasteiger partial charge in [0.25, 0.3) is 0 Å². The van der Waals surface area contributed by atoms with E-state index in [2.05, 4.69) is 20.8 Å². The molecule has 1 aromatic rings. The van der Waals surface area contributed by atoms with Crippen molar-refractivity contribution in [2.24, 2.45) is 0 Å². The van der Waals surface area contributed by atoms with Crippen molar-refractivity contribution in [1.82, 2.24) is 0 Å². The van der Waals surface area contributed by atoms with E-state index in [0.29, 0.717) is 6.16 Å². The van der Waals surface area contributed by atoms with E-state index in [9.17, 15) is 18.0 Å². The molecule has 0 aliphatic heterocycles. The third-order valence-corrected chi connectivity index (χ3v) is 15.4. The van der Waals surface area contributed by atoms with Crippen LogP contribution in [0, 0.1) is 0 Å². The number of carboxylic acid groups (broad SMARTS) is 2. The van der Waals surface area contributed by atoms with Crippen molar-refractivity contribution < 1.29 is 41.7 Å². The zero-order valence-electron chi connectivity index (χ0n) is 21.3. The van der Waals surface area contributed by atoms with E-state index in [1.54, 1.807) is 0 Å². The Hall–Kier alpha value is -1.90. The van der Waals surface area contributed by atoms with Crippen molar-refractivity contribution in [3.63, 3.8) is 0 Å². The average molecular weight is 537 g/mol. The van der Waals surface area contributed by atoms with Crippen molar-refractivity contribution in [1.29, 1.82) is 0 Å². The summed E-state index contributed by atoms with van der Waals surface area (Å²) in [5, 5.41) is 17.9. The molecule has 1 rings (SSSR count). The predicted molar refractivity (Wildman–Crippen MR) is 138 cm³/mol. The van der Waals surface area contributed by atoms with E-state index in [1.807, 2.05) is 6.92 Å². The number of rotatable bonds is 19. The fourth-order valence-corrected chi connectivity index (χ4v) is 13.5. The fourth-order valence-electron chi connectivity index (χ4n) is 4.12. The Balaban J connectivity index is 3.58. The summed E-state index contributed by atoms with van der Waals surface area (Å²) in [6, 6.07) is 3.66. The molecule has 0 unspecified atom stereocenters. The monoisotopic (exact) mass is 536 g/mol. The number of carbonyl (C=O) groups is 2. The SMILES string of the molecule is CCCCP(CC)(CCCC)(CCCC)OS(=O)(=O)c1cc(OCC(=O)O)cc(OCC(=O)O)c1. The van der Waals surface area contributed by atoms with Gasteiger partial charge in [0.2, 0.25) is 0 Å². The van der Waals surface area contributed by atoms with Crippen LogP contribution in [0.2, 0.25) is 0 Å². The van der Waals surface area contributed by atoms with Gasteiger partial charge in [0.15, 0.2) is 0 Å². The maximum atomic E-state index is 13.7. The molecule has 0 heterocycles. The van der Waals surface area contributed by atoms with E-state index in [-0.39, 0.29) is 16.4 Å². The number of benzene rings is 1. The molecule has 0 saturated heterocycles. The molecular formula is C24H41O9PS. The molecular weight excluding hydrogens is 495 g/mol. The van der Waals surface area contributed by atoms with Crippen molar-refractivity contribution >= 4 is 28.9 Å². The van der Waals surface area contributed by atoms with Crippen LogP contribution in [0.3, 0.4) is 0 Å². The Morgan fingerprint density at radius 2 is 1.17 bits per heavy atom. The Labute approximate surface area is 209 Å². The summed E-state index contributed by atoms with van der Waals surface area (Å²) in [6.07, 6.45) is 8.15. The zero-order chi connectivity index (χ0) is 26.6. The van der Waals surface area contributed by atoms with Crippen LogP contribution in [0.25, 0.3) is 0 Å². The molecule has 202 valence electrons. The number of ether oxygens (including phenoxy) is 2. The van der Waals surface area contributed by atoms with Gasteiger partial charge in [-0.2, -0.15) is 0 Å². The number of aliphatic carboxylic acids is 2. The van der Waals surface area contributed by atoms with Gasteiger partial charge in [-0.25, -0.2) is 0 Å². The molecule has 0 bridgehead atoms. The Morgan fingerprint density at radius 3 is 1.49 bits per heavy atom. The van der Waals surface area contributed by atoms with Gasteiger partial charge in [-0.3, -0.25) is 0 Å². The predicted octanol–water partition coefficient (Wildman–Crippen LogP) is 5.21. The Morgan fingerprint density at radius 1 is 0.771 bits per heavy atom. The third kappa shape index (κ3) is 9.58. The summed E-state index contributed by atoms with van der Waals surface area (Å²) in [7, 11) is -4.30. The van der Waals surface area contributed by atoms with Crippen LogP contribution < -0.4 is 9.47 Å². The van der Waals surface area contributed by atoms with Gasteiger partial charge < -0.3 is 0 Å². The Bertz CT molecular complexity index is 886. The van der Waals surface area contributed by atoms with Gasteiger partial charge in [-0.05, 0) is 0 Å².